The van der Waals surface area contributed by atoms with Crippen LogP contribution in [0.15, 0.2) is 24.3 Å². The molecule has 1 aromatic carbocycles. The van der Waals surface area contributed by atoms with Crippen molar-refractivity contribution in [2.45, 2.75) is 122 Å². The lowest BCUT2D eigenvalue weighted by molar-refractivity contribution is 0.240. The number of hydrogen-bond acceptors (Lipinski definition) is 2. The highest BCUT2D eigenvalue weighted by atomic mass is 16.3. The second kappa shape index (κ2) is 19.9. The van der Waals surface area contributed by atoms with E-state index in [-0.39, 0.29) is 17.7 Å². The zero-order chi connectivity index (χ0) is 23.3. The maximum absolute atomic E-state index is 11.9. The first-order valence-electron chi connectivity index (χ1n) is 13.4. The van der Waals surface area contributed by atoms with E-state index in [1.165, 1.54) is 96.3 Å². The molecule has 0 aliphatic carbocycles. The smallest absolute Gasteiger partial charge is 0.314 e. The van der Waals surface area contributed by atoms with Gasteiger partial charge in [-0.3, -0.25) is 0 Å². The largest absolute Gasteiger partial charge is 0.508 e. The summed E-state index contributed by atoms with van der Waals surface area (Å²) in [6.07, 6.45) is 21.8. The molecule has 0 aliphatic rings. The second-order valence-electron chi connectivity index (χ2n) is 9.43. The third-order valence-corrected chi connectivity index (χ3v) is 6.35. The molecule has 4 nitrogen and oxygen atoms in total. The van der Waals surface area contributed by atoms with Crippen LogP contribution in [0, 0.1) is 0 Å². The molecule has 184 valence electrons. The van der Waals surface area contributed by atoms with Crippen molar-refractivity contribution in [1.29, 1.82) is 0 Å². The van der Waals surface area contributed by atoms with Gasteiger partial charge in [-0.25, -0.2) is 4.79 Å². The van der Waals surface area contributed by atoms with Crippen LogP contribution < -0.4 is 10.6 Å². The first-order chi connectivity index (χ1) is 15.6. The van der Waals surface area contributed by atoms with Crippen molar-refractivity contribution in [3.05, 3.63) is 29.8 Å². The van der Waals surface area contributed by atoms with E-state index < -0.39 is 0 Å². The van der Waals surface area contributed by atoms with Gasteiger partial charge in [0.1, 0.15) is 5.75 Å². The normalized spacial score (nSPS) is 11.9. The molecule has 0 saturated carbocycles. The van der Waals surface area contributed by atoms with E-state index in [1.54, 1.807) is 12.1 Å². The standard InChI is InChI=1S/C28H50N2O2/c1-3-4-5-6-7-8-9-10-11-12-13-14-15-16-17-18-23-29-28(32)30-24-25(2)26-19-21-27(31)22-20-26/h19-22,25,31H,3-18,23-24H2,1-2H3,(H2,29,30,32). The Kier molecular flexibility index (Phi) is 17.6. The number of rotatable bonds is 20. The summed E-state index contributed by atoms with van der Waals surface area (Å²) in [7, 11) is 0. The zero-order valence-corrected chi connectivity index (χ0v) is 21.0. The molecule has 0 aromatic heterocycles. The van der Waals surface area contributed by atoms with Crippen LogP contribution in [0.2, 0.25) is 0 Å². The summed E-state index contributed by atoms with van der Waals surface area (Å²) in [5.41, 5.74) is 1.11. The number of unbranched alkanes of at least 4 members (excludes halogenated alkanes) is 15. The van der Waals surface area contributed by atoms with Crippen molar-refractivity contribution in [2.24, 2.45) is 0 Å². The summed E-state index contributed by atoms with van der Waals surface area (Å²) in [6.45, 7) is 5.69. The molecular weight excluding hydrogens is 396 g/mol. The summed E-state index contributed by atoms with van der Waals surface area (Å²) in [4.78, 5) is 11.9. The van der Waals surface area contributed by atoms with E-state index in [0.29, 0.717) is 6.54 Å². The molecule has 0 saturated heterocycles. The van der Waals surface area contributed by atoms with Gasteiger partial charge < -0.3 is 15.7 Å². The van der Waals surface area contributed by atoms with Gasteiger partial charge in [-0.15, -0.1) is 0 Å². The molecule has 32 heavy (non-hydrogen) atoms. The topological polar surface area (TPSA) is 61.4 Å². The van der Waals surface area contributed by atoms with Crippen molar-refractivity contribution >= 4 is 6.03 Å². The number of aromatic hydroxyl groups is 1. The zero-order valence-electron chi connectivity index (χ0n) is 21.0. The molecule has 0 radical (unpaired) electrons. The van der Waals surface area contributed by atoms with Gasteiger partial charge in [0.25, 0.3) is 0 Å². The van der Waals surface area contributed by atoms with Crippen LogP contribution in [0.3, 0.4) is 0 Å². The van der Waals surface area contributed by atoms with Crippen LogP contribution in [0.1, 0.15) is 128 Å². The van der Waals surface area contributed by atoms with Crippen molar-refractivity contribution in [1.82, 2.24) is 10.6 Å². The Morgan fingerprint density at radius 3 is 1.62 bits per heavy atom. The molecule has 1 aromatic rings. The molecule has 0 heterocycles. The maximum Gasteiger partial charge on any atom is 0.314 e. The lowest BCUT2D eigenvalue weighted by Gasteiger charge is -2.14. The number of benzene rings is 1. The number of urea groups is 1. The van der Waals surface area contributed by atoms with Crippen LogP contribution in [-0.2, 0) is 0 Å². The van der Waals surface area contributed by atoms with Crippen molar-refractivity contribution in [3.63, 3.8) is 0 Å². The highest BCUT2D eigenvalue weighted by Gasteiger charge is 2.07. The third kappa shape index (κ3) is 16.0. The SMILES string of the molecule is CCCCCCCCCCCCCCCCCCNC(=O)NCC(C)c1ccc(O)cc1. The van der Waals surface area contributed by atoms with Gasteiger partial charge >= 0.3 is 6.03 Å². The van der Waals surface area contributed by atoms with E-state index >= 15 is 0 Å². The Morgan fingerprint density at radius 2 is 1.16 bits per heavy atom. The Hall–Kier alpha value is -1.71. The number of nitrogens with one attached hydrogen (secondary N) is 2. The number of carbonyl (C=O) groups excluding carboxylic acids is 1. The number of amides is 2. The van der Waals surface area contributed by atoms with Crippen LogP contribution in [-0.4, -0.2) is 24.2 Å². The second-order valence-corrected chi connectivity index (χ2v) is 9.43. The lowest BCUT2D eigenvalue weighted by Crippen LogP contribution is -2.37. The van der Waals surface area contributed by atoms with Gasteiger partial charge in [-0.1, -0.05) is 122 Å². The molecule has 1 atom stereocenters. The first kappa shape index (κ1) is 28.3. The summed E-state index contributed by atoms with van der Waals surface area (Å²) < 4.78 is 0. The van der Waals surface area contributed by atoms with E-state index in [1.807, 2.05) is 12.1 Å². The molecule has 0 bridgehead atoms. The number of hydrogen-bond donors (Lipinski definition) is 3. The molecular formula is C28H50N2O2. The molecule has 1 unspecified atom stereocenters. The Bertz CT molecular complexity index is 559. The molecule has 4 heteroatoms. The van der Waals surface area contributed by atoms with Crippen molar-refractivity contribution < 1.29 is 9.90 Å². The number of carbonyl (C=O) groups is 1. The van der Waals surface area contributed by atoms with Gasteiger partial charge in [-0.2, -0.15) is 0 Å². The number of phenolic OH excluding ortho intramolecular Hbond substituents is 1. The predicted octanol–water partition coefficient (Wildman–Crippen LogP) is 8.06. The van der Waals surface area contributed by atoms with Crippen molar-refractivity contribution in [2.75, 3.05) is 13.1 Å². The summed E-state index contributed by atoms with van der Waals surface area (Å²) in [5.74, 6) is 0.488. The maximum atomic E-state index is 11.9. The summed E-state index contributed by atoms with van der Waals surface area (Å²) in [6, 6.07) is 7.08. The van der Waals surface area contributed by atoms with Crippen LogP contribution in [0.25, 0.3) is 0 Å². The predicted molar refractivity (Wildman–Crippen MR) is 137 cm³/mol. The highest BCUT2D eigenvalue weighted by Crippen LogP contribution is 2.17. The van der Waals surface area contributed by atoms with Crippen LogP contribution in [0.5, 0.6) is 5.75 Å². The molecule has 2 amide bonds. The van der Waals surface area contributed by atoms with Gasteiger partial charge in [0.15, 0.2) is 0 Å². The van der Waals surface area contributed by atoms with E-state index in [9.17, 15) is 9.90 Å². The minimum absolute atomic E-state index is 0.0865. The monoisotopic (exact) mass is 446 g/mol. The van der Waals surface area contributed by atoms with E-state index in [4.69, 9.17) is 0 Å². The quantitative estimate of drug-likeness (QED) is 0.177. The van der Waals surface area contributed by atoms with Crippen LogP contribution >= 0.6 is 0 Å². The summed E-state index contributed by atoms with van der Waals surface area (Å²) in [5, 5.41) is 15.2. The fraction of sp³-hybridized carbons (Fsp3) is 0.750. The average molecular weight is 447 g/mol. The minimum Gasteiger partial charge on any atom is -0.508 e. The molecule has 3 N–H and O–H groups in total. The molecule has 0 fully saturated rings. The minimum atomic E-state index is -0.0865. The van der Waals surface area contributed by atoms with Gasteiger partial charge in [0.05, 0.1) is 0 Å². The molecule has 1 rings (SSSR count). The highest BCUT2D eigenvalue weighted by molar-refractivity contribution is 5.73. The molecule has 0 spiro atoms. The fourth-order valence-electron chi connectivity index (χ4n) is 4.10. The van der Waals surface area contributed by atoms with Gasteiger partial charge in [-0.05, 0) is 30.0 Å². The van der Waals surface area contributed by atoms with Crippen molar-refractivity contribution in [3.8, 4) is 5.75 Å². The third-order valence-electron chi connectivity index (χ3n) is 6.35. The van der Waals surface area contributed by atoms with Gasteiger partial charge in [0.2, 0.25) is 0 Å². The first-order valence-corrected chi connectivity index (χ1v) is 13.4. The van der Waals surface area contributed by atoms with Crippen LogP contribution in [0.4, 0.5) is 4.79 Å². The molecule has 0 aliphatic heterocycles. The van der Waals surface area contributed by atoms with E-state index in [0.717, 1.165) is 18.5 Å². The average Bonchev–Trinajstić information content (AvgIpc) is 2.80. The lowest BCUT2D eigenvalue weighted by atomic mass is 10.0. The Labute approximate surface area is 198 Å². The summed E-state index contributed by atoms with van der Waals surface area (Å²) >= 11 is 0. The Balaban J connectivity index is 1.81. The fourth-order valence-corrected chi connectivity index (χ4v) is 4.10. The Morgan fingerprint density at radius 1 is 0.719 bits per heavy atom. The van der Waals surface area contributed by atoms with Gasteiger partial charge in [0, 0.05) is 13.1 Å². The number of phenols is 1. The van der Waals surface area contributed by atoms with E-state index in [2.05, 4.69) is 24.5 Å².